The quantitative estimate of drug-likeness (QED) is 0.585. The molecule has 6 nitrogen and oxygen atoms in total. The van der Waals surface area contributed by atoms with Crippen molar-refractivity contribution >= 4 is 11.3 Å². The zero-order valence-corrected chi connectivity index (χ0v) is 18.8. The lowest BCUT2D eigenvalue weighted by molar-refractivity contribution is -0.00000655. The molecular weight excluding hydrogens is 404 g/mol. The first-order valence-electron chi connectivity index (χ1n) is 9.85. The van der Waals surface area contributed by atoms with E-state index in [0.717, 1.165) is 38.5 Å². The van der Waals surface area contributed by atoms with E-state index in [1.54, 1.807) is 11.3 Å². The van der Waals surface area contributed by atoms with Crippen LogP contribution in [0.3, 0.4) is 0 Å². The van der Waals surface area contributed by atoms with Crippen LogP contribution in [0.15, 0.2) is 47.8 Å². The second kappa shape index (κ2) is 9.34. The van der Waals surface area contributed by atoms with Gasteiger partial charge in [-0.05, 0) is 48.2 Å². The summed E-state index contributed by atoms with van der Waals surface area (Å²) >= 11 is 1.78. The Hall–Kier alpha value is -1.80. The van der Waals surface area contributed by atoms with Crippen molar-refractivity contribution in [3.05, 3.63) is 64.1 Å². The van der Waals surface area contributed by atoms with E-state index in [2.05, 4.69) is 93.9 Å². The lowest BCUT2D eigenvalue weighted by Gasteiger charge is -2.39. The Morgan fingerprint density at radius 2 is 1.72 bits per heavy atom. The lowest BCUT2D eigenvalue weighted by atomic mass is 10.1. The van der Waals surface area contributed by atoms with Crippen LogP contribution in [-0.2, 0) is 12.1 Å². The number of nitrogens with zero attached hydrogens (tertiary/aromatic N) is 6. The molecule has 3 heterocycles. The molecule has 4 rings (SSSR count). The van der Waals surface area contributed by atoms with Gasteiger partial charge in [0.25, 0.3) is 0 Å². The smallest absolute Gasteiger partial charge is 0.174 e. The Bertz CT molecular complexity index is 866. The molecule has 156 valence electrons. The molecule has 1 atom stereocenters. The Kier molecular flexibility index (Phi) is 7.05. The van der Waals surface area contributed by atoms with Crippen LogP contribution >= 0.6 is 11.3 Å². The van der Waals surface area contributed by atoms with Crippen molar-refractivity contribution < 1.29 is 12.4 Å². The minimum atomic E-state index is -0.149. The van der Waals surface area contributed by atoms with Crippen molar-refractivity contribution in [2.24, 2.45) is 0 Å². The van der Waals surface area contributed by atoms with Gasteiger partial charge in [-0.25, -0.2) is 4.68 Å². The van der Waals surface area contributed by atoms with Gasteiger partial charge in [0, 0.05) is 37.6 Å². The maximum Gasteiger partial charge on any atom is 0.174 e. The van der Waals surface area contributed by atoms with Crippen LogP contribution in [-0.4, -0.2) is 56.2 Å². The molecule has 3 aromatic rings. The highest BCUT2D eigenvalue weighted by Crippen LogP contribution is 2.33. The molecular formula is C21H28ClN6S-. The van der Waals surface area contributed by atoms with Crippen LogP contribution in [0.1, 0.15) is 43.1 Å². The summed E-state index contributed by atoms with van der Waals surface area (Å²) in [6.07, 6.45) is 0. The number of hydrogen-bond acceptors (Lipinski definition) is 6. The highest BCUT2D eigenvalue weighted by atomic mass is 35.5. The van der Waals surface area contributed by atoms with Gasteiger partial charge in [-0.15, -0.1) is 16.4 Å². The van der Waals surface area contributed by atoms with Crippen LogP contribution < -0.4 is 12.4 Å². The fraction of sp³-hybridized carbons (Fsp3) is 0.476. The summed E-state index contributed by atoms with van der Waals surface area (Å²) in [7, 11) is 0. The number of thiophene rings is 1. The molecule has 0 saturated carbocycles. The summed E-state index contributed by atoms with van der Waals surface area (Å²) in [6.45, 7) is 11.6. The molecule has 1 fully saturated rings. The van der Waals surface area contributed by atoms with Crippen LogP contribution in [0.5, 0.6) is 0 Å². The predicted molar refractivity (Wildman–Crippen MR) is 112 cm³/mol. The van der Waals surface area contributed by atoms with Crippen molar-refractivity contribution in [1.82, 2.24) is 30.0 Å². The molecule has 1 saturated heterocycles. The van der Waals surface area contributed by atoms with E-state index < -0.39 is 0 Å². The maximum absolute atomic E-state index is 4.45. The number of piperazine rings is 1. The van der Waals surface area contributed by atoms with E-state index in [9.17, 15) is 0 Å². The zero-order valence-electron chi connectivity index (χ0n) is 17.2. The fourth-order valence-electron chi connectivity index (χ4n) is 3.78. The third-order valence-electron chi connectivity index (χ3n) is 5.21. The molecule has 0 aliphatic carbocycles. The highest BCUT2D eigenvalue weighted by Gasteiger charge is 2.33. The van der Waals surface area contributed by atoms with Gasteiger partial charge in [-0.3, -0.25) is 9.80 Å². The molecule has 0 spiro atoms. The second-order valence-electron chi connectivity index (χ2n) is 8.34. The molecule has 1 aliphatic heterocycles. The van der Waals surface area contributed by atoms with Gasteiger partial charge < -0.3 is 12.4 Å². The van der Waals surface area contributed by atoms with Crippen molar-refractivity contribution in [3.8, 4) is 0 Å². The van der Waals surface area contributed by atoms with Crippen molar-refractivity contribution in [3.63, 3.8) is 0 Å². The molecule has 29 heavy (non-hydrogen) atoms. The Morgan fingerprint density at radius 3 is 2.34 bits per heavy atom. The van der Waals surface area contributed by atoms with Crippen LogP contribution in [0.25, 0.3) is 0 Å². The van der Waals surface area contributed by atoms with Crippen molar-refractivity contribution in [2.75, 3.05) is 26.2 Å². The Morgan fingerprint density at radius 1 is 1.00 bits per heavy atom. The molecule has 1 unspecified atom stereocenters. The zero-order chi connectivity index (χ0) is 19.6. The molecule has 0 amide bonds. The van der Waals surface area contributed by atoms with E-state index in [1.165, 1.54) is 10.4 Å². The average molecular weight is 432 g/mol. The summed E-state index contributed by atoms with van der Waals surface area (Å²) in [5.41, 5.74) is 1.23. The Balaban J connectivity index is 0.00000240. The summed E-state index contributed by atoms with van der Waals surface area (Å²) in [5.74, 6) is 0.937. The molecule has 1 aliphatic rings. The third-order valence-corrected chi connectivity index (χ3v) is 6.13. The topological polar surface area (TPSA) is 50.1 Å². The maximum atomic E-state index is 4.45. The summed E-state index contributed by atoms with van der Waals surface area (Å²) < 4.78 is 1.98. The lowest BCUT2D eigenvalue weighted by Crippen LogP contribution is -3.00. The minimum absolute atomic E-state index is 0. The summed E-state index contributed by atoms with van der Waals surface area (Å²) in [5, 5.41) is 14.9. The SMILES string of the molecule is CC(C)(C)n1nnnc1C(c1cccs1)N1CCN(Cc2ccccc2)CC1.[Cl-]. The summed E-state index contributed by atoms with van der Waals surface area (Å²) in [4.78, 5) is 6.36. The average Bonchev–Trinajstić information content (AvgIpc) is 3.37. The number of rotatable bonds is 5. The molecule has 8 heteroatoms. The van der Waals surface area contributed by atoms with Gasteiger partial charge in [0.05, 0.1) is 5.54 Å². The molecule has 0 bridgehead atoms. The van der Waals surface area contributed by atoms with Gasteiger partial charge in [-0.2, -0.15) is 0 Å². The van der Waals surface area contributed by atoms with Crippen LogP contribution in [0.2, 0.25) is 0 Å². The largest absolute Gasteiger partial charge is 1.00 e. The number of halogens is 1. The Labute approximate surface area is 182 Å². The fourth-order valence-corrected chi connectivity index (χ4v) is 4.64. The van der Waals surface area contributed by atoms with Gasteiger partial charge in [0.2, 0.25) is 0 Å². The molecule has 2 aromatic heterocycles. The first-order valence-corrected chi connectivity index (χ1v) is 10.7. The molecule has 0 N–H and O–H groups in total. The van der Waals surface area contributed by atoms with Gasteiger partial charge in [0.1, 0.15) is 6.04 Å². The van der Waals surface area contributed by atoms with E-state index in [0.29, 0.717) is 0 Å². The number of aromatic nitrogens is 4. The van der Waals surface area contributed by atoms with Crippen molar-refractivity contribution in [1.29, 1.82) is 0 Å². The summed E-state index contributed by atoms with van der Waals surface area (Å²) in [6, 6.07) is 15.1. The molecule has 0 radical (unpaired) electrons. The van der Waals surface area contributed by atoms with Crippen LogP contribution in [0, 0.1) is 0 Å². The van der Waals surface area contributed by atoms with E-state index in [4.69, 9.17) is 0 Å². The minimum Gasteiger partial charge on any atom is -1.00 e. The number of hydrogen-bond donors (Lipinski definition) is 0. The van der Waals surface area contributed by atoms with Gasteiger partial charge in [-0.1, -0.05) is 36.4 Å². The first kappa shape index (κ1) is 21.9. The second-order valence-corrected chi connectivity index (χ2v) is 9.31. The normalized spacial score (nSPS) is 17.1. The van der Waals surface area contributed by atoms with Crippen molar-refractivity contribution in [2.45, 2.75) is 38.9 Å². The van der Waals surface area contributed by atoms with E-state index in [1.807, 2.05) is 4.68 Å². The number of tetrazole rings is 1. The monoisotopic (exact) mass is 431 g/mol. The third kappa shape index (κ3) is 5.04. The van der Waals surface area contributed by atoms with E-state index in [-0.39, 0.29) is 24.0 Å². The predicted octanol–water partition coefficient (Wildman–Crippen LogP) is 0.401. The standard InChI is InChI=1S/C21H28N6S.ClH/c1-21(2,3)27-20(22-23-24-27)19(18-10-7-15-28-18)26-13-11-25(12-14-26)16-17-8-5-4-6-9-17;/h4-10,15,19H,11-14,16H2,1-3H3;1H/p-1. The first-order chi connectivity index (χ1) is 13.5. The van der Waals surface area contributed by atoms with Gasteiger partial charge in [0.15, 0.2) is 5.82 Å². The van der Waals surface area contributed by atoms with Crippen LogP contribution in [0.4, 0.5) is 0 Å². The highest BCUT2D eigenvalue weighted by molar-refractivity contribution is 7.10. The van der Waals surface area contributed by atoms with Gasteiger partial charge >= 0.3 is 0 Å². The molecule has 1 aromatic carbocycles. The number of benzene rings is 1. The van der Waals surface area contributed by atoms with E-state index >= 15 is 0 Å².